The van der Waals surface area contributed by atoms with Gasteiger partial charge in [0.25, 0.3) is 0 Å². The average molecular weight is 586 g/mol. The number of carbonyl (C=O) groups is 1. The third kappa shape index (κ3) is 7.01. The SMILES string of the molecule is CCN(Cc1ccc2c(c1)OCCC2NC(=O)CC(NS(=O)(=O)c1ccc2ccccc2c1)c1ccccc1)C(C)C. The first kappa shape index (κ1) is 29.8. The Morgan fingerprint density at radius 3 is 2.43 bits per heavy atom. The Balaban J connectivity index is 1.32. The number of hydrogen-bond donors (Lipinski definition) is 2. The molecule has 0 aliphatic carbocycles. The maximum Gasteiger partial charge on any atom is 0.241 e. The van der Waals surface area contributed by atoms with Crippen LogP contribution in [0.3, 0.4) is 0 Å². The van der Waals surface area contributed by atoms with Gasteiger partial charge in [-0.2, -0.15) is 0 Å². The van der Waals surface area contributed by atoms with Gasteiger partial charge < -0.3 is 10.1 Å². The van der Waals surface area contributed by atoms with E-state index >= 15 is 0 Å². The van der Waals surface area contributed by atoms with Crippen LogP contribution in [0.4, 0.5) is 0 Å². The molecule has 8 heteroatoms. The monoisotopic (exact) mass is 585 g/mol. The fourth-order valence-corrected chi connectivity index (χ4v) is 6.78. The van der Waals surface area contributed by atoms with Crippen LogP contribution in [0.2, 0.25) is 0 Å². The van der Waals surface area contributed by atoms with Gasteiger partial charge in [0.15, 0.2) is 0 Å². The molecule has 42 heavy (non-hydrogen) atoms. The summed E-state index contributed by atoms with van der Waals surface area (Å²) < 4.78 is 35.8. The quantitative estimate of drug-likeness (QED) is 0.222. The summed E-state index contributed by atoms with van der Waals surface area (Å²) in [5.41, 5.74) is 2.84. The predicted molar refractivity (Wildman–Crippen MR) is 167 cm³/mol. The molecule has 220 valence electrons. The molecule has 0 radical (unpaired) electrons. The third-order valence-corrected chi connectivity index (χ3v) is 9.36. The first-order valence-electron chi connectivity index (χ1n) is 14.6. The van der Waals surface area contributed by atoms with Crippen LogP contribution in [0, 0.1) is 0 Å². The first-order valence-corrected chi connectivity index (χ1v) is 16.1. The second kappa shape index (κ2) is 13.1. The number of fused-ring (bicyclic) bond motifs is 2. The van der Waals surface area contributed by atoms with Crippen molar-refractivity contribution in [1.82, 2.24) is 14.9 Å². The largest absolute Gasteiger partial charge is 0.493 e. The lowest BCUT2D eigenvalue weighted by Gasteiger charge is -2.29. The van der Waals surface area contributed by atoms with Crippen molar-refractivity contribution in [2.24, 2.45) is 0 Å². The van der Waals surface area contributed by atoms with Gasteiger partial charge >= 0.3 is 0 Å². The molecule has 4 aromatic carbocycles. The lowest BCUT2D eigenvalue weighted by molar-refractivity contribution is -0.122. The summed E-state index contributed by atoms with van der Waals surface area (Å²) in [6.45, 7) is 8.83. The zero-order valence-electron chi connectivity index (χ0n) is 24.4. The Bertz CT molecular complexity index is 1640. The van der Waals surface area contributed by atoms with Gasteiger partial charge in [-0.05, 0) is 60.5 Å². The summed E-state index contributed by atoms with van der Waals surface area (Å²) in [6.07, 6.45) is 0.603. The fraction of sp³-hybridized carbons (Fsp3) is 0.324. The Labute approximate surface area is 248 Å². The molecule has 2 atom stereocenters. The van der Waals surface area contributed by atoms with Crippen molar-refractivity contribution in [2.75, 3.05) is 13.2 Å². The van der Waals surface area contributed by atoms with Gasteiger partial charge in [-0.25, -0.2) is 13.1 Å². The van der Waals surface area contributed by atoms with Gasteiger partial charge in [-0.15, -0.1) is 0 Å². The number of nitrogens with zero attached hydrogens (tertiary/aromatic N) is 1. The molecule has 1 aliphatic rings. The fourth-order valence-electron chi connectivity index (χ4n) is 5.52. The van der Waals surface area contributed by atoms with E-state index in [1.54, 1.807) is 18.2 Å². The van der Waals surface area contributed by atoms with Crippen molar-refractivity contribution in [1.29, 1.82) is 0 Å². The molecule has 0 spiro atoms. The number of rotatable bonds is 11. The lowest BCUT2D eigenvalue weighted by atomic mass is 9.97. The molecule has 2 unspecified atom stereocenters. The van der Waals surface area contributed by atoms with Crippen LogP contribution in [0.5, 0.6) is 5.75 Å². The van der Waals surface area contributed by atoms with Gasteiger partial charge in [-0.1, -0.05) is 79.7 Å². The third-order valence-electron chi connectivity index (χ3n) is 7.89. The lowest BCUT2D eigenvalue weighted by Crippen LogP contribution is -2.36. The summed E-state index contributed by atoms with van der Waals surface area (Å²) in [4.78, 5) is 16.0. The Kier molecular flexibility index (Phi) is 9.26. The van der Waals surface area contributed by atoms with Crippen LogP contribution < -0.4 is 14.8 Å². The zero-order valence-corrected chi connectivity index (χ0v) is 25.2. The number of amides is 1. The number of ether oxygens (including phenoxy) is 1. The molecule has 0 aromatic heterocycles. The number of nitrogens with one attached hydrogen (secondary N) is 2. The van der Waals surface area contributed by atoms with Gasteiger partial charge in [0, 0.05) is 31.0 Å². The van der Waals surface area contributed by atoms with Crippen molar-refractivity contribution in [3.8, 4) is 5.75 Å². The second-order valence-corrected chi connectivity index (χ2v) is 12.8. The number of carbonyl (C=O) groups excluding carboxylic acids is 1. The maximum absolute atomic E-state index is 13.5. The van der Waals surface area contributed by atoms with Gasteiger partial charge in [0.05, 0.1) is 23.6 Å². The average Bonchev–Trinajstić information content (AvgIpc) is 2.99. The topological polar surface area (TPSA) is 87.7 Å². The number of sulfonamides is 1. The maximum atomic E-state index is 13.5. The summed E-state index contributed by atoms with van der Waals surface area (Å²) in [5, 5.41) is 4.95. The molecular weight excluding hydrogens is 546 g/mol. The highest BCUT2D eigenvalue weighted by atomic mass is 32.2. The predicted octanol–water partition coefficient (Wildman–Crippen LogP) is 6.12. The van der Waals surface area contributed by atoms with Crippen LogP contribution >= 0.6 is 0 Å². The summed E-state index contributed by atoms with van der Waals surface area (Å²) >= 11 is 0. The minimum atomic E-state index is -3.90. The second-order valence-electron chi connectivity index (χ2n) is 11.1. The number of benzene rings is 4. The Morgan fingerprint density at radius 1 is 0.952 bits per heavy atom. The van der Waals surface area contributed by atoms with Crippen molar-refractivity contribution in [3.05, 3.63) is 108 Å². The highest BCUT2D eigenvalue weighted by molar-refractivity contribution is 7.89. The molecule has 0 saturated carbocycles. The molecule has 1 heterocycles. The molecule has 2 N–H and O–H groups in total. The molecule has 4 aromatic rings. The minimum Gasteiger partial charge on any atom is -0.493 e. The molecular formula is C34H39N3O4S. The summed E-state index contributed by atoms with van der Waals surface area (Å²) in [5.74, 6) is 0.560. The van der Waals surface area contributed by atoms with E-state index in [1.165, 1.54) is 5.56 Å². The van der Waals surface area contributed by atoms with E-state index < -0.39 is 16.1 Å². The van der Waals surface area contributed by atoms with Crippen LogP contribution in [-0.4, -0.2) is 38.4 Å². The Morgan fingerprint density at radius 2 is 1.69 bits per heavy atom. The highest BCUT2D eigenvalue weighted by Gasteiger charge is 2.28. The molecule has 7 nitrogen and oxygen atoms in total. The molecule has 0 bridgehead atoms. The van der Waals surface area contributed by atoms with Gasteiger partial charge in [0.1, 0.15) is 5.75 Å². The van der Waals surface area contributed by atoms with E-state index in [0.717, 1.165) is 40.7 Å². The summed E-state index contributed by atoms with van der Waals surface area (Å²) in [7, 11) is -3.90. The molecule has 1 amide bonds. The number of hydrogen-bond acceptors (Lipinski definition) is 5. The van der Waals surface area contributed by atoms with E-state index in [1.807, 2.05) is 60.7 Å². The molecule has 0 fully saturated rings. The van der Waals surface area contributed by atoms with Gasteiger partial charge in [0.2, 0.25) is 15.9 Å². The van der Waals surface area contributed by atoms with Crippen molar-refractivity contribution >= 4 is 26.7 Å². The molecule has 1 aliphatic heterocycles. The normalized spacial score (nSPS) is 15.8. The van der Waals surface area contributed by atoms with E-state index in [-0.39, 0.29) is 23.3 Å². The van der Waals surface area contributed by atoms with E-state index in [9.17, 15) is 13.2 Å². The van der Waals surface area contributed by atoms with Crippen molar-refractivity contribution in [3.63, 3.8) is 0 Å². The van der Waals surface area contributed by atoms with Crippen molar-refractivity contribution in [2.45, 2.75) is 63.2 Å². The summed E-state index contributed by atoms with van der Waals surface area (Å²) in [6, 6.07) is 27.6. The molecule has 0 saturated heterocycles. The van der Waals surface area contributed by atoms with E-state index in [2.05, 4.69) is 47.8 Å². The van der Waals surface area contributed by atoms with E-state index in [4.69, 9.17) is 4.74 Å². The first-order chi connectivity index (χ1) is 20.2. The smallest absolute Gasteiger partial charge is 0.241 e. The van der Waals surface area contributed by atoms with E-state index in [0.29, 0.717) is 19.1 Å². The van der Waals surface area contributed by atoms with Gasteiger partial charge in [-0.3, -0.25) is 9.69 Å². The van der Waals surface area contributed by atoms with Crippen molar-refractivity contribution < 1.29 is 17.9 Å². The Hall–Kier alpha value is -3.72. The highest BCUT2D eigenvalue weighted by Crippen LogP contribution is 2.34. The van der Waals surface area contributed by atoms with Crippen LogP contribution in [0.15, 0.2) is 95.9 Å². The van der Waals surface area contributed by atoms with Crippen LogP contribution in [0.25, 0.3) is 10.8 Å². The van der Waals surface area contributed by atoms with Crippen LogP contribution in [-0.2, 0) is 21.4 Å². The molecule has 5 rings (SSSR count). The minimum absolute atomic E-state index is 0.0402. The van der Waals surface area contributed by atoms with Crippen LogP contribution in [0.1, 0.15) is 62.4 Å². The standard InChI is InChI=1S/C34H39N3O4S/c1-4-37(24(2)3)23-25-14-17-30-31(18-19-41-33(30)20-25)35-34(38)22-32(27-11-6-5-7-12-27)36-42(39,40)29-16-15-26-10-8-9-13-28(26)21-29/h5-17,20-21,24,31-32,36H,4,18-19,22-23H2,1-3H3,(H,35,38). The zero-order chi connectivity index (χ0) is 29.7.